The van der Waals surface area contributed by atoms with Gasteiger partial charge in [-0.3, -0.25) is 4.79 Å². The van der Waals surface area contributed by atoms with E-state index >= 15 is 0 Å². The lowest BCUT2D eigenvalue weighted by Gasteiger charge is -2.38. The Labute approximate surface area is 181 Å². The second kappa shape index (κ2) is 7.64. The number of carbonyl (C=O) groups excluding carboxylic acids is 1. The number of phenolic OH excluding ortho intramolecular Hbond substituents is 1. The Kier molecular flexibility index (Phi) is 5.21. The third-order valence-electron chi connectivity index (χ3n) is 4.89. The van der Waals surface area contributed by atoms with E-state index in [-0.39, 0.29) is 24.1 Å². The fourth-order valence-corrected chi connectivity index (χ4v) is 4.08. The van der Waals surface area contributed by atoms with Gasteiger partial charge in [0, 0.05) is 14.3 Å². The summed E-state index contributed by atoms with van der Waals surface area (Å²) in [5, 5.41) is 11.0. The van der Waals surface area contributed by atoms with Crippen molar-refractivity contribution in [1.29, 1.82) is 0 Å². The largest absolute Gasteiger partial charge is 0.504 e. The number of hydrogen-bond donors (Lipinski definition) is 1. The van der Waals surface area contributed by atoms with Crippen molar-refractivity contribution < 1.29 is 14.6 Å². The molecule has 1 N–H and O–H groups in total. The van der Waals surface area contributed by atoms with Gasteiger partial charge in [-0.1, -0.05) is 23.7 Å². The number of halogens is 2. The van der Waals surface area contributed by atoms with Gasteiger partial charge in [0.1, 0.15) is 0 Å². The summed E-state index contributed by atoms with van der Waals surface area (Å²) in [7, 11) is 1.50. The number of benzene rings is 3. The van der Waals surface area contributed by atoms with E-state index in [1.54, 1.807) is 17.0 Å². The summed E-state index contributed by atoms with van der Waals surface area (Å²) in [6.07, 6.45) is 0.238. The summed E-state index contributed by atoms with van der Waals surface area (Å²) in [6, 6.07) is 18.4. The summed E-state index contributed by atoms with van der Waals surface area (Å²) in [6.45, 7) is 0. The summed E-state index contributed by atoms with van der Waals surface area (Å²) >= 11 is 8.32. The average Bonchev–Trinajstić information content (AvgIpc) is 2.69. The van der Waals surface area contributed by atoms with Gasteiger partial charge in [-0.15, -0.1) is 0 Å². The van der Waals surface area contributed by atoms with Crippen molar-refractivity contribution in [2.45, 2.75) is 12.5 Å². The molecule has 0 saturated heterocycles. The number of nitrogens with zero attached hydrogens (tertiary/aromatic N) is 1. The molecule has 1 unspecified atom stereocenters. The maximum atomic E-state index is 13.2. The van der Waals surface area contributed by atoms with Crippen LogP contribution < -0.4 is 9.64 Å². The highest BCUT2D eigenvalue weighted by atomic mass is 127. The minimum absolute atomic E-state index is 0.0126. The number of rotatable bonds is 3. The molecule has 4 nitrogen and oxygen atoms in total. The second-order valence-corrected chi connectivity index (χ2v) is 8.28. The number of amides is 1. The topological polar surface area (TPSA) is 49.8 Å². The summed E-state index contributed by atoms with van der Waals surface area (Å²) < 4.78 is 6.33. The van der Waals surface area contributed by atoms with Gasteiger partial charge in [-0.05, 0) is 87.8 Å². The summed E-state index contributed by atoms with van der Waals surface area (Å²) in [4.78, 5) is 15.0. The van der Waals surface area contributed by atoms with Crippen molar-refractivity contribution in [3.63, 3.8) is 0 Å². The van der Waals surface area contributed by atoms with Crippen LogP contribution in [0.5, 0.6) is 11.5 Å². The highest BCUT2D eigenvalue weighted by molar-refractivity contribution is 14.1. The molecule has 1 aliphatic rings. The lowest BCUT2D eigenvalue weighted by Crippen LogP contribution is -2.41. The molecule has 142 valence electrons. The van der Waals surface area contributed by atoms with Crippen molar-refractivity contribution >= 4 is 45.8 Å². The van der Waals surface area contributed by atoms with E-state index in [0.717, 1.165) is 25.9 Å². The quantitative estimate of drug-likeness (QED) is 0.489. The average molecular weight is 506 g/mol. The molecule has 0 spiro atoms. The Morgan fingerprint density at radius 2 is 1.79 bits per heavy atom. The SMILES string of the molecule is COc1cc2c(cc1O)C(c1ccc(Cl)cc1)N(c1ccc(I)cc1)C(=O)C2. The molecule has 0 aliphatic carbocycles. The standard InChI is InChI=1S/C22H17ClINO3/c1-28-20-10-14-11-21(27)25(17-8-6-16(24)7-9-17)22(18(14)12-19(20)26)13-2-4-15(23)5-3-13/h2-10,12,22,26H,11H2,1H3. The highest BCUT2D eigenvalue weighted by Crippen LogP contribution is 2.43. The predicted octanol–water partition coefficient (Wildman–Crippen LogP) is 5.34. The van der Waals surface area contributed by atoms with Crippen molar-refractivity contribution in [1.82, 2.24) is 0 Å². The first kappa shape index (κ1) is 19.1. The zero-order chi connectivity index (χ0) is 19.8. The Morgan fingerprint density at radius 3 is 2.43 bits per heavy atom. The van der Waals surface area contributed by atoms with Crippen LogP contribution in [-0.2, 0) is 11.2 Å². The Hall–Kier alpha value is -2.25. The first-order chi connectivity index (χ1) is 13.5. The summed E-state index contributed by atoms with van der Waals surface area (Å²) in [5.74, 6) is 0.405. The number of hydrogen-bond acceptors (Lipinski definition) is 3. The third kappa shape index (κ3) is 3.44. The first-order valence-corrected chi connectivity index (χ1v) is 10.2. The molecule has 3 aromatic carbocycles. The van der Waals surface area contributed by atoms with Gasteiger partial charge in [0.2, 0.25) is 5.91 Å². The van der Waals surface area contributed by atoms with Gasteiger partial charge in [0.25, 0.3) is 0 Å². The van der Waals surface area contributed by atoms with E-state index in [9.17, 15) is 9.90 Å². The van der Waals surface area contributed by atoms with E-state index in [4.69, 9.17) is 16.3 Å². The van der Waals surface area contributed by atoms with Gasteiger partial charge < -0.3 is 14.7 Å². The Morgan fingerprint density at radius 1 is 1.11 bits per heavy atom. The lowest BCUT2D eigenvalue weighted by atomic mass is 9.87. The van der Waals surface area contributed by atoms with Crippen LogP contribution in [0.4, 0.5) is 5.69 Å². The van der Waals surface area contributed by atoms with Crippen LogP contribution in [0.2, 0.25) is 5.02 Å². The van der Waals surface area contributed by atoms with Crippen LogP contribution in [0.15, 0.2) is 60.7 Å². The minimum Gasteiger partial charge on any atom is -0.504 e. The normalized spacial score (nSPS) is 16.0. The molecule has 1 amide bonds. The number of methoxy groups -OCH3 is 1. The molecule has 0 aromatic heterocycles. The van der Waals surface area contributed by atoms with Gasteiger partial charge in [-0.2, -0.15) is 0 Å². The number of anilines is 1. The number of phenols is 1. The molecule has 0 radical (unpaired) electrons. The molecule has 0 fully saturated rings. The minimum atomic E-state index is -0.370. The first-order valence-electron chi connectivity index (χ1n) is 8.71. The molecular weight excluding hydrogens is 489 g/mol. The molecule has 0 bridgehead atoms. The van der Waals surface area contributed by atoms with E-state index in [0.29, 0.717) is 10.8 Å². The predicted molar refractivity (Wildman–Crippen MR) is 118 cm³/mol. The van der Waals surface area contributed by atoms with Gasteiger partial charge >= 0.3 is 0 Å². The number of aromatic hydroxyl groups is 1. The Balaban J connectivity index is 1.92. The van der Waals surface area contributed by atoms with Crippen molar-refractivity contribution in [2.24, 2.45) is 0 Å². The summed E-state index contributed by atoms with van der Waals surface area (Å²) in [5.41, 5.74) is 3.45. The van der Waals surface area contributed by atoms with Crippen LogP contribution >= 0.6 is 34.2 Å². The lowest BCUT2D eigenvalue weighted by molar-refractivity contribution is -0.118. The van der Waals surface area contributed by atoms with E-state index in [1.165, 1.54) is 7.11 Å². The van der Waals surface area contributed by atoms with E-state index < -0.39 is 0 Å². The van der Waals surface area contributed by atoms with Crippen LogP contribution in [0.3, 0.4) is 0 Å². The van der Waals surface area contributed by atoms with E-state index in [2.05, 4.69) is 22.6 Å². The molecule has 1 atom stereocenters. The molecule has 28 heavy (non-hydrogen) atoms. The Bertz CT molecular complexity index is 1030. The fourth-order valence-electron chi connectivity index (χ4n) is 3.60. The molecule has 0 saturated carbocycles. The third-order valence-corrected chi connectivity index (χ3v) is 5.87. The zero-order valence-corrected chi connectivity index (χ0v) is 17.9. The zero-order valence-electron chi connectivity index (χ0n) is 15.0. The van der Waals surface area contributed by atoms with Gasteiger partial charge in [-0.25, -0.2) is 0 Å². The van der Waals surface area contributed by atoms with E-state index in [1.807, 2.05) is 48.5 Å². The van der Waals surface area contributed by atoms with Crippen LogP contribution in [0.25, 0.3) is 0 Å². The highest BCUT2D eigenvalue weighted by Gasteiger charge is 2.35. The molecular formula is C22H17ClINO3. The number of fused-ring (bicyclic) bond motifs is 1. The van der Waals surface area contributed by atoms with Gasteiger partial charge in [0.15, 0.2) is 11.5 Å². The number of carbonyl (C=O) groups is 1. The van der Waals surface area contributed by atoms with Crippen LogP contribution in [0.1, 0.15) is 22.7 Å². The molecule has 1 aliphatic heterocycles. The monoisotopic (exact) mass is 505 g/mol. The molecule has 1 heterocycles. The maximum Gasteiger partial charge on any atom is 0.232 e. The number of ether oxygens (including phenoxy) is 1. The van der Waals surface area contributed by atoms with Crippen LogP contribution in [-0.4, -0.2) is 18.1 Å². The van der Waals surface area contributed by atoms with Gasteiger partial charge in [0.05, 0.1) is 19.6 Å². The molecule has 4 rings (SSSR count). The van der Waals surface area contributed by atoms with Crippen molar-refractivity contribution in [3.8, 4) is 11.5 Å². The second-order valence-electron chi connectivity index (χ2n) is 6.59. The maximum absolute atomic E-state index is 13.2. The van der Waals surface area contributed by atoms with Crippen molar-refractivity contribution in [3.05, 3.63) is 85.9 Å². The molecule has 3 aromatic rings. The fraction of sp³-hybridized carbons (Fsp3) is 0.136. The van der Waals surface area contributed by atoms with Crippen LogP contribution in [0, 0.1) is 3.57 Å². The van der Waals surface area contributed by atoms with Crippen molar-refractivity contribution in [2.75, 3.05) is 12.0 Å². The smallest absolute Gasteiger partial charge is 0.232 e. The molecule has 6 heteroatoms.